The van der Waals surface area contributed by atoms with Gasteiger partial charge in [0.25, 0.3) is 5.69 Å². The number of hydrazone groups is 1. The quantitative estimate of drug-likeness (QED) is 0.326. The highest BCUT2D eigenvalue weighted by molar-refractivity contribution is 5.80. The molecule has 1 rings (SSSR count). The Morgan fingerprint density at radius 3 is 2.53 bits per heavy atom. The summed E-state index contributed by atoms with van der Waals surface area (Å²) in [7, 11) is 0. The van der Waals surface area contributed by atoms with Crippen LogP contribution in [-0.2, 0) is 4.79 Å². The molecule has 1 aromatic carbocycles. The molecule has 6 nitrogen and oxygen atoms in total. The summed E-state index contributed by atoms with van der Waals surface area (Å²) in [6, 6.07) is 5.95. The van der Waals surface area contributed by atoms with Crippen molar-refractivity contribution >= 4 is 18.3 Å². The van der Waals surface area contributed by atoms with Gasteiger partial charge in [-0.1, -0.05) is 6.92 Å². The second-order valence-corrected chi connectivity index (χ2v) is 3.36. The fourth-order valence-electron chi connectivity index (χ4n) is 1.19. The lowest BCUT2D eigenvalue weighted by Gasteiger charge is -2.07. The predicted molar refractivity (Wildman–Crippen MR) is 63.8 cm³/mol. The Kier molecular flexibility index (Phi) is 4.80. The van der Waals surface area contributed by atoms with Crippen molar-refractivity contribution < 1.29 is 9.72 Å². The molecule has 0 bridgehead atoms. The summed E-state index contributed by atoms with van der Waals surface area (Å²) in [5.41, 5.74) is 0.738. The number of nitro benzene ring substituents is 1. The van der Waals surface area contributed by atoms with Gasteiger partial charge in [-0.05, 0) is 24.1 Å². The van der Waals surface area contributed by atoms with Gasteiger partial charge in [0, 0.05) is 18.7 Å². The number of hydrogen-bond acceptors (Lipinski definition) is 4. The fraction of sp³-hybridized carbons (Fsp3) is 0.273. The number of hydrogen-bond donors (Lipinski definition) is 0. The summed E-state index contributed by atoms with van der Waals surface area (Å²) in [5, 5.41) is 15.7. The van der Waals surface area contributed by atoms with E-state index in [4.69, 9.17) is 0 Å². The van der Waals surface area contributed by atoms with E-state index in [1.54, 1.807) is 12.1 Å². The molecule has 0 aliphatic carbocycles. The monoisotopic (exact) mass is 235 g/mol. The third-order valence-electron chi connectivity index (χ3n) is 2.03. The SMILES string of the molecule is CCCN(C=O)/N=C/c1ccc([N+](=O)[O-])cc1. The lowest BCUT2D eigenvalue weighted by molar-refractivity contribution is -0.384. The zero-order valence-electron chi connectivity index (χ0n) is 9.44. The zero-order chi connectivity index (χ0) is 12.7. The molecule has 0 heterocycles. The van der Waals surface area contributed by atoms with Crippen molar-refractivity contribution in [1.82, 2.24) is 5.01 Å². The minimum Gasteiger partial charge on any atom is -0.277 e. The van der Waals surface area contributed by atoms with Crippen molar-refractivity contribution in [1.29, 1.82) is 0 Å². The highest BCUT2D eigenvalue weighted by atomic mass is 16.6. The Morgan fingerprint density at radius 1 is 1.41 bits per heavy atom. The van der Waals surface area contributed by atoms with Crippen LogP contribution in [-0.4, -0.2) is 29.1 Å². The highest BCUT2D eigenvalue weighted by Gasteiger charge is 2.02. The topological polar surface area (TPSA) is 75.8 Å². The van der Waals surface area contributed by atoms with Gasteiger partial charge in [0.2, 0.25) is 6.41 Å². The van der Waals surface area contributed by atoms with E-state index < -0.39 is 4.92 Å². The number of rotatable bonds is 6. The summed E-state index contributed by atoms with van der Waals surface area (Å²) in [6.07, 6.45) is 2.95. The van der Waals surface area contributed by atoms with Crippen molar-refractivity contribution in [2.75, 3.05) is 6.54 Å². The molecule has 6 heteroatoms. The predicted octanol–water partition coefficient (Wildman–Crippen LogP) is 1.80. The van der Waals surface area contributed by atoms with Crippen molar-refractivity contribution in [2.24, 2.45) is 5.10 Å². The summed E-state index contributed by atoms with van der Waals surface area (Å²) in [6.45, 7) is 2.49. The van der Waals surface area contributed by atoms with Gasteiger partial charge in [-0.2, -0.15) is 5.10 Å². The molecule has 0 aromatic heterocycles. The van der Waals surface area contributed by atoms with Gasteiger partial charge in [-0.15, -0.1) is 0 Å². The number of nitrogens with zero attached hydrogens (tertiary/aromatic N) is 3. The molecule has 0 saturated heterocycles. The Hall–Kier alpha value is -2.24. The van der Waals surface area contributed by atoms with E-state index in [1.807, 2.05) is 6.92 Å². The van der Waals surface area contributed by atoms with Crippen LogP contribution < -0.4 is 0 Å². The maximum Gasteiger partial charge on any atom is 0.269 e. The minimum absolute atomic E-state index is 0.0305. The van der Waals surface area contributed by atoms with Crippen molar-refractivity contribution in [3.63, 3.8) is 0 Å². The summed E-state index contributed by atoms with van der Waals surface area (Å²) in [4.78, 5) is 20.5. The van der Waals surface area contributed by atoms with E-state index in [2.05, 4.69) is 5.10 Å². The fourth-order valence-corrected chi connectivity index (χ4v) is 1.19. The lowest BCUT2D eigenvalue weighted by Crippen LogP contribution is -2.15. The Morgan fingerprint density at radius 2 is 2.06 bits per heavy atom. The van der Waals surface area contributed by atoms with Gasteiger partial charge in [-0.25, -0.2) is 5.01 Å². The number of carbonyl (C=O) groups is 1. The van der Waals surface area contributed by atoms with Crippen LogP contribution in [0.25, 0.3) is 0 Å². The minimum atomic E-state index is -0.463. The van der Waals surface area contributed by atoms with Crippen LogP contribution in [0, 0.1) is 10.1 Å². The highest BCUT2D eigenvalue weighted by Crippen LogP contribution is 2.10. The second kappa shape index (κ2) is 6.37. The molecule has 1 aromatic rings. The molecular weight excluding hydrogens is 222 g/mol. The summed E-state index contributed by atoms with van der Waals surface area (Å²) in [5.74, 6) is 0. The van der Waals surface area contributed by atoms with Crippen LogP contribution >= 0.6 is 0 Å². The number of amides is 1. The molecule has 1 amide bonds. The van der Waals surface area contributed by atoms with Gasteiger partial charge in [0.15, 0.2) is 0 Å². The molecule has 0 atom stereocenters. The normalized spacial score (nSPS) is 10.4. The third-order valence-corrected chi connectivity index (χ3v) is 2.03. The molecule has 0 saturated carbocycles. The second-order valence-electron chi connectivity index (χ2n) is 3.36. The van der Waals surface area contributed by atoms with E-state index in [0.717, 1.165) is 6.42 Å². The molecule has 17 heavy (non-hydrogen) atoms. The Balaban J connectivity index is 2.71. The maximum absolute atomic E-state index is 10.6. The van der Waals surface area contributed by atoms with Crippen molar-refractivity contribution in [3.05, 3.63) is 39.9 Å². The first-order chi connectivity index (χ1) is 8.17. The molecule has 0 spiro atoms. The smallest absolute Gasteiger partial charge is 0.269 e. The molecule has 0 unspecified atom stereocenters. The Bertz CT molecular complexity index is 414. The first kappa shape index (κ1) is 12.8. The van der Waals surface area contributed by atoms with Crippen LogP contribution in [0.3, 0.4) is 0 Å². The average molecular weight is 235 g/mol. The van der Waals surface area contributed by atoms with E-state index in [-0.39, 0.29) is 5.69 Å². The molecule has 0 radical (unpaired) electrons. The van der Waals surface area contributed by atoms with Crippen LogP contribution in [0.4, 0.5) is 5.69 Å². The first-order valence-corrected chi connectivity index (χ1v) is 5.17. The van der Waals surface area contributed by atoms with Gasteiger partial charge >= 0.3 is 0 Å². The summed E-state index contributed by atoms with van der Waals surface area (Å²) >= 11 is 0. The average Bonchev–Trinajstić information content (AvgIpc) is 2.35. The van der Waals surface area contributed by atoms with Crippen LogP contribution in [0.2, 0.25) is 0 Å². The molecule has 0 aliphatic rings. The van der Waals surface area contributed by atoms with Gasteiger partial charge < -0.3 is 0 Å². The van der Waals surface area contributed by atoms with E-state index >= 15 is 0 Å². The van der Waals surface area contributed by atoms with Gasteiger partial charge in [0.05, 0.1) is 11.1 Å². The van der Waals surface area contributed by atoms with Crippen molar-refractivity contribution in [2.45, 2.75) is 13.3 Å². The molecule has 0 fully saturated rings. The van der Waals surface area contributed by atoms with E-state index in [0.29, 0.717) is 18.5 Å². The van der Waals surface area contributed by atoms with E-state index in [9.17, 15) is 14.9 Å². The molecule has 0 aliphatic heterocycles. The molecule has 90 valence electrons. The number of non-ortho nitro benzene ring substituents is 1. The summed E-state index contributed by atoms with van der Waals surface area (Å²) < 4.78 is 0. The van der Waals surface area contributed by atoms with Gasteiger partial charge in [-0.3, -0.25) is 14.9 Å². The lowest BCUT2D eigenvalue weighted by atomic mass is 10.2. The van der Waals surface area contributed by atoms with Crippen LogP contribution in [0.5, 0.6) is 0 Å². The van der Waals surface area contributed by atoms with Crippen LogP contribution in [0.1, 0.15) is 18.9 Å². The third kappa shape index (κ3) is 4.02. The molecular formula is C11H13N3O3. The standard InChI is InChI=1S/C11H13N3O3/c1-2-7-13(9-15)12-8-10-3-5-11(6-4-10)14(16)17/h3-6,8-9H,2,7H2,1H3/b12-8+. The molecule has 0 N–H and O–H groups in total. The zero-order valence-corrected chi connectivity index (χ0v) is 9.44. The Labute approximate surface area is 98.7 Å². The largest absolute Gasteiger partial charge is 0.277 e. The van der Waals surface area contributed by atoms with Crippen molar-refractivity contribution in [3.8, 4) is 0 Å². The van der Waals surface area contributed by atoms with Gasteiger partial charge in [0.1, 0.15) is 0 Å². The van der Waals surface area contributed by atoms with Crippen LogP contribution in [0.15, 0.2) is 29.4 Å². The first-order valence-electron chi connectivity index (χ1n) is 5.17. The number of nitro groups is 1. The number of carbonyl (C=O) groups excluding carboxylic acids is 1. The van der Waals surface area contributed by atoms with E-state index in [1.165, 1.54) is 23.4 Å². The number of benzene rings is 1. The maximum atomic E-state index is 10.6.